The zero-order valence-electron chi connectivity index (χ0n) is 15.3. The van der Waals surface area contributed by atoms with Crippen LogP contribution in [0.25, 0.3) is 11.6 Å². The molecule has 2 aliphatic heterocycles. The molecular weight excluding hydrogens is 364 g/mol. The molecule has 2 aliphatic rings. The highest BCUT2D eigenvalue weighted by Gasteiger charge is 2.35. The highest BCUT2D eigenvalue weighted by Crippen LogP contribution is 2.46. The first-order valence-electron chi connectivity index (χ1n) is 8.98. The number of aliphatic hydroxyl groups excluding tert-OH is 1. The Labute approximate surface area is 160 Å². The Bertz CT molecular complexity index is 973. The molecule has 1 aromatic carbocycles. The number of aliphatic hydroxyl groups is 1. The summed E-state index contributed by atoms with van der Waals surface area (Å²) in [4.78, 5) is 28.8. The second-order valence-electron chi connectivity index (χ2n) is 6.80. The SMILES string of the molecule is COc1cc[nH]c1/C=C1\C(=O)Nc2ccc([N+](=O)[O-])c(N3CCC(O)CC3)c21. The predicted octanol–water partition coefficient (Wildman–Crippen LogP) is 2.39. The number of aromatic amines is 1. The van der Waals surface area contributed by atoms with Crippen molar-refractivity contribution in [2.45, 2.75) is 18.9 Å². The summed E-state index contributed by atoms with van der Waals surface area (Å²) in [6.07, 6.45) is 3.97. The molecule has 0 bridgehead atoms. The molecule has 1 saturated heterocycles. The van der Waals surface area contributed by atoms with E-state index in [9.17, 15) is 20.0 Å². The fourth-order valence-electron chi connectivity index (χ4n) is 3.76. The molecule has 0 aliphatic carbocycles. The van der Waals surface area contributed by atoms with Gasteiger partial charge in [-0.3, -0.25) is 14.9 Å². The van der Waals surface area contributed by atoms with Gasteiger partial charge in [-0.05, 0) is 31.1 Å². The molecule has 28 heavy (non-hydrogen) atoms. The third kappa shape index (κ3) is 2.99. The molecule has 0 saturated carbocycles. The third-order valence-electron chi connectivity index (χ3n) is 5.14. The molecule has 0 spiro atoms. The zero-order valence-corrected chi connectivity index (χ0v) is 15.3. The molecule has 9 heteroatoms. The summed E-state index contributed by atoms with van der Waals surface area (Å²) < 4.78 is 5.29. The van der Waals surface area contributed by atoms with E-state index in [1.54, 1.807) is 24.4 Å². The lowest BCUT2D eigenvalue weighted by molar-refractivity contribution is -0.384. The summed E-state index contributed by atoms with van der Waals surface area (Å²) in [6, 6.07) is 4.71. The number of ether oxygens (including phenoxy) is 1. The van der Waals surface area contributed by atoms with Crippen molar-refractivity contribution in [1.82, 2.24) is 4.98 Å². The quantitative estimate of drug-likeness (QED) is 0.423. The fourth-order valence-corrected chi connectivity index (χ4v) is 3.76. The largest absolute Gasteiger partial charge is 0.495 e. The number of anilines is 2. The van der Waals surface area contributed by atoms with Crippen molar-refractivity contribution >= 4 is 34.6 Å². The van der Waals surface area contributed by atoms with Gasteiger partial charge in [-0.2, -0.15) is 0 Å². The summed E-state index contributed by atoms with van der Waals surface area (Å²) >= 11 is 0. The number of aromatic nitrogens is 1. The molecule has 0 radical (unpaired) electrons. The Hall–Kier alpha value is -3.33. The molecule has 3 heterocycles. The maximum atomic E-state index is 12.7. The van der Waals surface area contributed by atoms with Gasteiger partial charge in [0.2, 0.25) is 0 Å². The van der Waals surface area contributed by atoms with Gasteiger partial charge in [0.05, 0.1) is 35.1 Å². The van der Waals surface area contributed by atoms with Crippen LogP contribution in [0, 0.1) is 10.1 Å². The molecule has 0 unspecified atom stereocenters. The highest BCUT2D eigenvalue weighted by molar-refractivity contribution is 6.36. The number of nitrogens with zero attached hydrogens (tertiary/aromatic N) is 2. The smallest absolute Gasteiger partial charge is 0.293 e. The molecule has 4 rings (SSSR count). The van der Waals surface area contributed by atoms with Gasteiger partial charge >= 0.3 is 0 Å². The number of benzene rings is 1. The monoisotopic (exact) mass is 384 g/mol. The molecule has 1 fully saturated rings. The number of H-pyrrole nitrogens is 1. The van der Waals surface area contributed by atoms with Gasteiger partial charge in [0, 0.05) is 30.9 Å². The molecule has 2 aromatic rings. The number of hydrogen-bond acceptors (Lipinski definition) is 6. The maximum absolute atomic E-state index is 12.7. The van der Waals surface area contributed by atoms with Crippen LogP contribution in [0.15, 0.2) is 24.4 Å². The molecule has 146 valence electrons. The lowest BCUT2D eigenvalue weighted by Gasteiger charge is -2.32. The Morgan fingerprint density at radius 3 is 2.75 bits per heavy atom. The lowest BCUT2D eigenvalue weighted by atomic mass is 9.99. The molecule has 3 N–H and O–H groups in total. The van der Waals surface area contributed by atoms with Crippen molar-refractivity contribution < 1.29 is 19.6 Å². The van der Waals surface area contributed by atoms with Crippen LogP contribution in [0.2, 0.25) is 0 Å². The van der Waals surface area contributed by atoms with Gasteiger partial charge in [-0.15, -0.1) is 0 Å². The van der Waals surface area contributed by atoms with E-state index in [1.807, 2.05) is 4.90 Å². The minimum absolute atomic E-state index is 0.0593. The van der Waals surface area contributed by atoms with Crippen molar-refractivity contribution in [3.8, 4) is 5.75 Å². The van der Waals surface area contributed by atoms with Gasteiger partial charge in [0.25, 0.3) is 11.6 Å². The summed E-state index contributed by atoms with van der Waals surface area (Å²) in [5, 5.41) is 24.3. The summed E-state index contributed by atoms with van der Waals surface area (Å²) in [5.74, 6) is 0.243. The highest BCUT2D eigenvalue weighted by atomic mass is 16.6. The average Bonchev–Trinajstić information content (AvgIpc) is 3.26. The molecular formula is C19H20N4O5. The van der Waals surface area contributed by atoms with Gasteiger partial charge in [-0.1, -0.05) is 0 Å². The number of amides is 1. The number of carbonyl (C=O) groups is 1. The van der Waals surface area contributed by atoms with Crippen molar-refractivity contribution in [3.63, 3.8) is 0 Å². The van der Waals surface area contributed by atoms with Crippen LogP contribution in [-0.2, 0) is 4.79 Å². The van der Waals surface area contributed by atoms with E-state index in [0.717, 1.165) is 0 Å². The van der Waals surface area contributed by atoms with Gasteiger partial charge < -0.3 is 25.0 Å². The summed E-state index contributed by atoms with van der Waals surface area (Å²) in [5.41, 5.74) is 2.33. The maximum Gasteiger partial charge on any atom is 0.293 e. The number of fused-ring (bicyclic) bond motifs is 1. The Morgan fingerprint density at radius 2 is 2.07 bits per heavy atom. The number of hydrogen-bond donors (Lipinski definition) is 3. The van der Waals surface area contributed by atoms with Crippen molar-refractivity contribution in [2.75, 3.05) is 30.4 Å². The third-order valence-corrected chi connectivity index (χ3v) is 5.14. The van der Waals surface area contributed by atoms with Gasteiger partial charge in [0.15, 0.2) is 0 Å². The standard InChI is InChI=1S/C19H20N4O5/c1-28-16-4-7-20-14(16)10-12-17-13(21-19(12)25)2-3-15(23(26)27)18(17)22-8-5-11(24)6-9-22/h2-4,7,10-11,20,24H,5-6,8-9H2,1H3,(H,21,25)/b12-10-. The van der Waals surface area contributed by atoms with E-state index >= 15 is 0 Å². The van der Waals surface area contributed by atoms with Crippen LogP contribution in [0.5, 0.6) is 5.75 Å². The Morgan fingerprint density at radius 1 is 1.32 bits per heavy atom. The van der Waals surface area contributed by atoms with E-state index in [0.29, 0.717) is 59.9 Å². The number of methoxy groups -OCH3 is 1. The summed E-state index contributed by atoms with van der Waals surface area (Å²) in [6.45, 7) is 0.956. The van der Waals surface area contributed by atoms with E-state index in [-0.39, 0.29) is 11.6 Å². The minimum Gasteiger partial charge on any atom is -0.495 e. The van der Waals surface area contributed by atoms with Crippen LogP contribution in [0.3, 0.4) is 0 Å². The number of nitro groups is 1. The van der Waals surface area contributed by atoms with Crippen LogP contribution < -0.4 is 15.0 Å². The van der Waals surface area contributed by atoms with Crippen LogP contribution in [0.4, 0.5) is 17.1 Å². The lowest BCUT2D eigenvalue weighted by Crippen LogP contribution is -2.36. The minimum atomic E-state index is -0.434. The first-order valence-corrected chi connectivity index (χ1v) is 8.98. The first kappa shape index (κ1) is 18.1. The van der Waals surface area contributed by atoms with Gasteiger partial charge in [0.1, 0.15) is 11.4 Å². The number of piperidine rings is 1. The normalized spacial score (nSPS) is 18.3. The summed E-state index contributed by atoms with van der Waals surface area (Å²) in [7, 11) is 1.53. The van der Waals surface area contributed by atoms with Crippen molar-refractivity contribution in [1.29, 1.82) is 0 Å². The van der Waals surface area contributed by atoms with E-state index < -0.39 is 11.0 Å². The van der Waals surface area contributed by atoms with Crippen LogP contribution in [-0.4, -0.2) is 47.2 Å². The topological polar surface area (TPSA) is 121 Å². The van der Waals surface area contributed by atoms with Crippen LogP contribution in [0.1, 0.15) is 24.1 Å². The molecule has 1 amide bonds. The molecule has 0 atom stereocenters. The first-order chi connectivity index (χ1) is 13.5. The molecule has 1 aromatic heterocycles. The van der Waals surface area contributed by atoms with E-state index in [4.69, 9.17) is 4.74 Å². The zero-order chi connectivity index (χ0) is 19.8. The fraction of sp³-hybridized carbons (Fsp3) is 0.316. The number of nitrogens with one attached hydrogen (secondary N) is 2. The number of carbonyl (C=O) groups excluding carboxylic acids is 1. The number of rotatable bonds is 4. The van der Waals surface area contributed by atoms with E-state index in [1.165, 1.54) is 13.2 Å². The second-order valence-corrected chi connectivity index (χ2v) is 6.80. The Kier molecular flexibility index (Phi) is 4.52. The molecule has 9 nitrogen and oxygen atoms in total. The predicted molar refractivity (Wildman–Crippen MR) is 104 cm³/mol. The van der Waals surface area contributed by atoms with Crippen LogP contribution >= 0.6 is 0 Å². The second kappa shape index (κ2) is 7.01. The Balaban J connectivity index is 1.89. The van der Waals surface area contributed by atoms with Crippen molar-refractivity contribution in [2.24, 2.45) is 0 Å². The number of nitro benzene ring substituents is 1. The van der Waals surface area contributed by atoms with Crippen molar-refractivity contribution in [3.05, 3.63) is 45.8 Å². The van der Waals surface area contributed by atoms with E-state index in [2.05, 4.69) is 10.3 Å². The average molecular weight is 384 g/mol. The van der Waals surface area contributed by atoms with Gasteiger partial charge in [-0.25, -0.2) is 0 Å².